The summed E-state index contributed by atoms with van der Waals surface area (Å²) in [7, 11) is 0. The average molecular weight is 240 g/mol. The number of amidine groups is 1. The smallest absolute Gasteiger partial charge is 0.156 e. The molecule has 3 heteroatoms. The Morgan fingerprint density at radius 3 is 3.06 bits per heavy atom. The van der Waals surface area contributed by atoms with Crippen molar-refractivity contribution in [2.24, 2.45) is 16.8 Å². The number of nitrogens with zero attached hydrogens (tertiary/aromatic N) is 1. The van der Waals surface area contributed by atoms with Crippen LogP contribution in [0.1, 0.15) is 46.0 Å². The maximum Gasteiger partial charge on any atom is 0.156 e. The van der Waals surface area contributed by atoms with Gasteiger partial charge in [-0.25, -0.2) is 0 Å². The molecule has 0 aromatic heterocycles. The Balaban J connectivity index is 1.84. The molecule has 0 spiro atoms. The summed E-state index contributed by atoms with van der Waals surface area (Å²) in [5.41, 5.74) is 0. The van der Waals surface area contributed by atoms with Crippen LogP contribution in [0.4, 0.5) is 0 Å². The van der Waals surface area contributed by atoms with Crippen LogP contribution in [0.2, 0.25) is 0 Å². The van der Waals surface area contributed by atoms with Crippen molar-refractivity contribution >= 4 is 16.9 Å². The highest BCUT2D eigenvalue weighted by Gasteiger charge is 2.30. The predicted octanol–water partition coefficient (Wildman–Crippen LogP) is 3.28. The van der Waals surface area contributed by atoms with Crippen LogP contribution in [0.5, 0.6) is 0 Å². The zero-order valence-electron chi connectivity index (χ0n) is 10.5. The SMILES string of the molecule is CCC(C)CN=C1NC2CCCCC2CS1. The van der Waals surface area contributed by atoms with E-state index in [-0.39, 0.29) is 0 Å². The van der Waals surface area contributed by atoms with E-state index in [1.165, 1.54) is 43.0 Å². The largest absolute Gasteiger partial charge is 0.362 e. The summed E-state index contributed by atoms with van der Waals surface area (Å²) in [5.74, 6) is 2.91. The number of aliphatic imine (C=N–C) groups is 1. The second-order valence-corrected chi connectivity index (χ2v) is 6.27. The number of hydrogen-bond acceptors (Lipinski definition) is 2. The Bertz CT molecular complexity index is 252. The topological polar surface area (TPSA) is 24.4 Å². The van der Waals surface area contributed by atoms with Gasteiger partial charge in [-0.3, -0.25) is 4.99 Å². The molecule has 1 saturated heterocycles. The van der Waals surface area contributed by atoms with Gasteiger partial charge >= 0.3 is 0 Å². The fraction of sp³-hybridized carbons (Fsp3) is 0.923. The molecule has 2 nitrogen and oxygen atoms in total. The molecule has 1 N–H and O–H groups in total. The summed E-state index contributed by atoms with van der Waals surface area (Å²) >= 11 is 1.94. The van der Waals surface area contributed by atoms with Crippen molar-refractivity contribution < 1.29 is 0 Å². The van der Waals surface area contributed by atoms with Gasteiger partial charge in [0, 0.05) is 18.3 Å². The molecule has 0 amide bonds. The molecule has 1 aliphatic heterocycles. The minimum absolute atomic E-state index is 0.721. The zero-order chi connectivity index (χ0) is 11.4. The van der Waals surface area contributed by atoms with E-state index in [1.54, 1.807) is 0 Å². The highest BCUT2D eigenvalue weighted by molar-refractivity contribution is 8.13. The number of hydrogen-bond donors (Lipinski definition) is 1. The van der Waals surface area contributed by atoms with Crippen LogP contribution in [-0.2, 0) is 0 Å². The van der Waals surface area contributed by atoms with Gasteiger partial charge in [-0.2, -0.15) is 0 Å². The number of rotatable bonds is 3. The quantitative estimate of drug-likeness (QED) is 0.818. The molecule has 2 fully saturated rings. The van der Waals surface area contributed by atoms with Crippen molar-refractivity contribution in [1.29, 1.82) is 0 Å². The summed E-state index contributed by atoms with van der Waals surface area (Å²) in [6.45, 7) is 5.51. The monoisotopic (exact) mass is 240 g/mol. The van der Waals surface area contributed by atoms with Gasteiger partial charge in [-0.1, -0.05) is 44.9 Å². The standard InChI is InChI=1S/C13H24N2S/c1-3-10(2)8-14-13-15-12-7-5-4-6-11(12)9-16-13/h10-12H,3-9H2,1-2H3,(H,14,15). The minimum atomic E-state index is 0.721. The molecule has 0 aromatic carbocycles. The van der Waals surface area contributed by atoms with Crippen LogP contribution >= 0.6 is 11.8 Å². The Kier molecular flexibility index (Phi) is 4.56. The molecule has 1 heterocycles. The first kappa shape index (κ1) is 12.3. The van der Waals surface area contributed by atoms with E-state index < -0.39 is 0 Å². The number of thioether (sulfide) groups is 1. The van der Waals surface area contributed by atoms with Gasteiger partial charge in [0.25, 0.3) is 0 Å². The molecule has 2 rings (SSSR count). The van der Waals surface area contributed by atoms with Gasteiger partial charge in [0.15, 0.2) is 5.17 Å². The molecular formula is C13H24N2S. The van der Waals surface area contributed by atoms with E-state index >= 15 is 0 Å². The molecular weight excluding hydrogens is 216 g/mol. The lowest BCUT2D eigenvalue weighted by Crippen LogP contribution is -2.46. The van der Waals surface area contributed by atoms with Gasteiger partial charge in [-0.15, -0.1) is 0 Å². The lowest BCUT2D eigenvalue weighted by Gasteiger charge is -2.37. The lowest BCUT2D eigenvalue weighted by atomic mass is 9.86. The van der Waals surface area contributed by atoms with Gasteiger partial charge < -0.3 is 5.32 Å². The molecule has 0 bridgehead atoms. The van der Waals surface area contributed by atoms with Crippen molar-refractivity contribution in [3.8, 4) is 0 Å². The van der Waals surface area contributed by atoms with E-state index in [0.29, 0.717) is 0 Å². The Labute approximate surface area is 104 Å². The molecule has 92 valence electrons. The molecule has 3 unspecified atom stereocenters. The molecule has 16 heavy (non-hydrogen) atoms. The van der Waals surface area contributed by atoms with Crippen molar-refractivity contribution in [1.82, 2.24) is 5.32 Å². The fourth-order valence-electron chi connectivity index (χ4n) is 2.44. The molecule has 2 aliphatic rings. The first-order valence-corrected chi connectivity index (χ1v) is 7.72. The first-order chi connectivity index (χ1) is 7.79. The average Bonchev–Trinajstić information content (AvgIpc) is 2.35. The Hall–Kier alpha value is -0.180. The maximum absolute atomic E-state index is 4.71. The third-order valence-electron chi connectivity index (χ3n) is 3.90. The van der Waals surface area contributed by atoms with Gasteiger partial charge in [0.05, 0.1) is 0 Å². The van der Waals surface area contributed by atoms with Crippen molar-refractivity contribution in [3.63, 3.8) is 0 Å². The summed E-state index contributed by atoms with van der Waals surface area (Å²) in [6.07, 6.45) is 6.84. The van der Waals surface area contributed by atoms with Crippen LogP contribution in [0.15, 0.2) is 4.99 Å². The second-order valence-electron chi connectivity index (χ2n) is 5.27. The van der Waals surface area contributed by atoms with Crippen LogP contribution in [0.25, 0.3) is 0 Å². The van der Waals surface area contributed by atoms with Crippen LogP contribution < -0.4 is 5.32 Å². The van der Waals surface area contributed by atoms with Gasteiger partial charge in [0.1, 0.15) is 0 Å². The minimum Gasteiger partial charge on any atom is -0.362 e. The predicted molar refractivity (Wildman–Crippen MR) is 73.1 cm³/mol. The van der Waals surface area contributed by atoms with E-state index in [9.17, 15) is 0 Å². The Morgan fingerprint density at radius 2 is 2.25 bits per heavy atom. The summed E-state index contributed by atoms with van der Waals surface area (Å²) in [5, 5.41) is 4.86. The van der Waals surface area contributed by atoms with Gasteiger partial charge in [-0.05, 0) is 24.7 Å². The fourth-order valence-corrected chi connectivity index (χ4v) is 3.61. The molecule has 0 radical (unpaired) electrons. The van der Waals surface area contributed by atoms with E-state index in [0.717, 1.165) is 24.4 Å². The van der Waals surface area contributed by atoms with Crippen molar-refractivity contribution in [3.05, 3.63) is 0 Å². The molecule has 1 aliphatic carbocycles. The highest BCUT2D eigenvalue weighted by Crippen LogP contribution is 2.31. The third-order valence-corrected chi connectivity index (χ3v) is 5.01. The number of fused-ring (bicyclic) bond motifs is 1. The van der Waals surface area contributed by atoms with Crippen LogP contribution in [-0.4, -0.2) is 23.5 Å². The highest BCUT2D eigenvalue weighted by atomic mass is 32.2. The first-order valence-electron chi connectivity index (χ1n) is 6.73. The summed E-state index contributed by atoms with van der Waals surface area (Å²) < 4.78 is 0. The van der Waals surface area contributed by atoms with E-state index in [2.05, 4.69) is 19.2 Å². The van der Waals surface area contributed by atoms with Crippen molar-refractivity contribution in [2.45, 2.75) is 52.0 Å². The normalized spacial score (nSPS) is 34.2. The summed E-state index contributed by atoms with van der Waals surface area (Å²) in [6, 6.07) is 0.727. The molecule has 3 atom stereocenters. The zero-order valence-corrected chi connectivity index (χ0v) is 11.4. The van der Waals surface area contributed by atoms with E-state index in [4.69, 9.17) is 4.99 Å². The van der Waals surface area contributed by atoms with Crippen LogP contribution in [0.3, 0.4) is 0 Å². The maximum atomic E-state index is 4.71. The number of nitrogens with one attached hydrogen (secondary N) is 1. The Morgan fingerprint density at radius 1 is 1.44 bits per heavy atom. The third kappa shape index (κ3) is 3.16. The lowest BCUT2D eigenvalue weighted by molar-refractivity contribution is 0.311. The van der Waals surface area contributed by atoms with Crippen molar-refractivity contribution in [2.75, 3.05) is 12.3 Å². The van der Waals surface area contributed by atoms with Crippen LogP contribution in [0, 0.1) is 11.8 Å². The molecule has 1 saturated carbocycles. The van der Waals surface area contributed by atoms with E-state index in [1.807, 2.05) is 11.8 Å². The second kappa shape index (κ2) is 5.95. The summed E-state index contributed by atoms with van der Waals surface area (Å²) in [4.78, 5) is 4.71. The van der Waals surface area contributed by atoms with Gasteiger partial charge in [0.2, 0.25) is 0 Å². The molecule has 0 aromatic rings.